The molecule has 9 heteroatoms. The molecular weight excluding hydrogens is 411 g/mol. The Kier molecular flexibility index (Phi) is 6.53. The number of alkyl halides is 3. The van der Waals surface area contributed by atoms with E-state index in [0.717, 1.165) is 24.0 Å². The van der Waals surface area contributed by atoms with Gasteiger partial charge in [0.2, 0.25) is 0 Å². The Labute approximate surface area is 177 Å². The Bertz CT molecular complexity index is 1060. The number of nitrogens with one attached hydrogen (secondary N) is 1. The molecule has 2 unspecified atom stereocenters. The first-order valence-corrected chi connectivity index (χ1v) is 9.75. The zero-order valence-corrected chi connectivity index (χ0v) is 16.8. The SMILES string of the molecule is CC1CCN1c1cccc2ccc(/C(=C(\C#N)C(=O)NCC(O)CO)C(F)(F)F)cc12. The Morgan fingerprint density at radius 3 is 2.65 bits per heavy atom. The summed E-state index contributed by atoms with van der Waals surface area (Å²) in [5.41, 5.74) is -1.95. The number of benzene rings is 2. The van der Waals surface area contributed by atoms with Gasteiger partial charge in [-0.05, 0) is 36.4 Å². The lowest BCUT2D eigenvalue weighted by atomic mass is 9.94. The maximum Gasteiger partial charge on any atom is 0.418 e. The van der Waals surface area contributed by atoms with Crippen LogP contribution < -0.4 is 10.2 Å². The van der Waals surface area contributed by atoms with Gasteiger partial charge >= 0.3 is 6.18 Å². The first-order chi connectivity index (χ1) is 14.7. The topological polar surface area (TPSA) is 96.6 Å². The quantitative estimate of drug-likeness (QED) is 0.481. The minimum Gasteiger partial charge on any atom is -0.394 e. The van der Waals surface area contributed by atoms with E-state index in [1.54, 1.807) is 6.07 Å². The molecule has 2 aromatic rings. The Balaban J connectivity index is 2.12. The number of anilines is 1. The fraction of sp³-hybridized carbons (Fsp3) is 0.364. The molecule has 6 nitrogen and oxygen atoms in total. The lowest BCUT2D eigenvalue weighted by molar-refractivity contribution is -0.118. The number of halogens is 3. The third kappa shape index (κ3) is 4.65. The van der Waals surface area contributed by atoms with Gasteiger partial charge in [0, 0.05) is 30.2 Å². The van der Waals surface area contributed by atoms with Gasteiger partial charge in [0.05, 0.1) is 18.3 Å². The van der Waals surface area contributed by atoms with Crippen LogP contribution >= 0.6 is 0 Å². The summed E-state index contributed by atoms with van der Waals surface area (Å²) in [5, 5.41) is 30.9. The fourth-order valence-electron chi connectivity index (χ4n) is 3.57. The number of rotatable bonds is 6. The van der Waals surface area contributed by atoms with Gasteiger partial charge in [0.15, 0.2) is 0 Å². The third-order valence-corrected chi connectivity index (χ3v) is 5.36. The molecule has 0 bridgehead atoms. The molecule has 1 saturated heterocycles. The number of carbonyl (C=O) groups excluding carboxylic acids is 1. The highest BCUT2D eigenvalue weighted by Crippen LogP contribution is 2.40. The molecular formula is C22H22F3N3O3. The van der Waals surface area contributed by atoms with Crippen molar-refractivity contribution >= 4 is 27.9 Å². The normalized spacial score (nSPS) is 18.1. The lowest BCUT2D eigenvalue weighted by Gasteiger charge is -2.41. The van der Waals surface area contributed by atoms with E-state index in [-0.39, 0.29) is 11.6 Å². The molecule has 1 amide bonds. The van der Waals surface area contributed by atoms with Crippen LogP contribution in [-0.4, -0.2) is 54.1 Å². The van der Waals surface area contributed by atoms with Crippen molar-refractivity contribution in [3.63, 3.8) is 0 Å². The van der Waals surface area contributed by atoms with Gasteiger partial charge in [-0.25, -0.2) is 0 Å². The summed E-state index contributed by atoms with van der Waals surface area (Å²) in [6.45, 7) is 1.67. The van der Waals surface area contributed by atoms with Crippen LogP contribution in [0.15, 0.2) is 42.0 Å². The number of amides is 1. The van der Waals surface area contributed by atoms with Crippen molar-refractivity contribution in [3.8, 4) is 6.07 Å². The van der Waals surface area contributed by atoms with Crippen molar-refractivity contribution in [2.24, 2.45) is 0 Å². The largest absolute Gasteiger partial charge is 0.418 e. The van der Waals surface area contributed by atoms with Crippen molar-refractivity contribution in [3.05, 3.63) is 47.5 Å². The van der Waals surface area contributed by atoms with Gasteiger partial charge in [-0.1, -0.05) is 24.3 Å². The summed E-state index contributed by atoms with van der Waals surface area (Å²) in [5.74, 6) is -1.27. The minimum absolute atomic E-state index is 0.269. The fourth-order valence-corrected chi connectivity index (χ4v) is 3.57. The first-order valence-electron chi connectivity index (χ1n) is 9.75. The van der Waals surface area contributed by atoms with E-state index in [4.69, 9.17) is 5.11 Å². The monoisotopic (exact) mass is 433 g/mol. The number of aliphatic hydroxyl groups is 2. The van der Waals surface area contributed by atoms with Gasteiger partial charge in [-0.3, -0.25) is 4.79 Å². The van der Waals surface area contributed by atoms with Gasteiger partial charge in [-0.2, -0.15) is 18.4 Å². The average Bonchev–Trinajstić information content (AvgIpc) is 2.73. The number of hydrogen-bond acceptors (Lipinski definition) is 5. The van der Waals surface area contributed by atoms with Crippen LogP contribution in [0.25, 0.3) is 16.3 Å². The number of aliphatic hydroxyl groups excluding tert-OH is 2. The Hall–Kier alpha value is -3.09. The van der Waals surface area contributed by atoms with E-state index in [1.165, 1.54) is 24.3 Å². The van der Waals surface area contributed by atoms with Gasteiger partial charge in [-0.15, -0.1) is 0 Å². The molecule has 31 heavy (non-hydrogen) atoms. The second-order valence-corrected chi connectivity index (χ2v) is 7.45. The van der Waals surface area contributed by atoms with E-state index < -0.39 is 42.5 Å². The van der Waals surface area contributed by atoms with Gasteiger partial charge < -0.3 is 20.4 Å². The predicted octanol–water partition coefficient (Wildman–Crippen LogP) is 2.75. The molecule has 0 spiro atoms. The summed E-state index contributed by atoms with van der Waals surface area (Å²) >= 11 is 0. The molecule has 1 fully saturated rings. The highest BCUT2D eigenvalue weighted by Gasteiger charge is 2.40. The van der Waals surface area contributed by atoms with Crippen LogP contribution in [-0.2, 0) is 4.79 Å². The van der Waals surface area contributed by atoms with E-state index in [1.807, 2.05) is 19.1 Å². The van der Waals surface area contributed by atoms with Crippen LogP contribution in [0.4, 0.5) is 18.9 Å². The zero-order valence-electron chi connectivity index (χ0n) is 16.8. The number of nitrogens with zero attached hydrogens (tertiary/aromatic N) is 2. The molecule has 0 radical (unpaired) electrons. The summed E-state index contributed by atoms with van der Waals surface area (Å²) in [7, 11) is 0. The van der Waals surface area contributed by atoms with Crippen LogP contribution in [0.2, 0.25) is 0 Å². The van der Waals surface area contributed by atoms with Crippen LogP contribution in [0.5, 0.6) is 0 Å². The van der Waals surface area contributed by atoms with Crippen LogP contribution in [0.1, 0.15) is 18.9 Å². The standard InChI is InChI=1S/C22H22F3N3O3/c1-13-7-8-28(13)19-4-2-3-14-5-6-15(9-17(14)19)20(22(23,24)25)18(10-26)21(31)27-11-16(30)12-29/h2-6,9,13,16,29-30H,7-8,11-12H2,1H3,(H,27,31)/b20-18-. The highest BCUT2D eigenvalue weighted by molar-refractivity contribution is 6.07. The molecule has 1 aliphatic rings. The minimum atomic E-state index is -4.97. The molecule has 164 valence electrons. The second kappa shape index (κ2) is 8.96. The van der Waals surface area contributed by atoms with Crippen LogP contribution in [0, 0.1) is 11.3 Å². The maximum absolute atomic E-state index is 14.0. The molecule has 0 saturated carbocycles. The molecule has 2 aromatic carbocycles. The number of hydrogen-bond donors (Lipinski definition) is 3. The molecule has 3 N–H and O–H groups in total. The van der Waals surface area contributed by atoms with Crippen LogP contribution in [0.3, 0.4) is 0 Å². The Morgan fingerprint density at radius 1 is 1.35 bits per heavy atom. The second-order valence-electron chi connectivity index (χ2n) is 7.45. The van der Waals surface area contributed by atoms with E-state index in [2.05, 4.69) is 10.2 Å². The summed E-state index contributed by atoms with van der Waals surface area (Å²) in [6, 6.07) is 11.2. The number of carbonyl (C=O) groups is 1. The highest BCUT2D eigenvalue weighted by atomic mass is 19.4. The average molecular weight is 433 g/mol. The summed E-state index contributed by atoms with van der Waals surface area (Å²) < 4.78 is 41.9. The molecule has 1 aliphatic heterocycles. The first kappa shape index (κ1) is 22.6. The third-order valence-electron chi connectivity index (χ3n) is 5.36. The molecule has 0 aromatic heterocycles. The zero-order chi connectivity index (χ0) is 22.8. The summed E-state index contributed by atoms with van der Waals surface area (Å²) in [4.78, 5) is 14.4. The van der Waals surface area contributed by atoms with Crippen molar-refractivity contribution in [1.82, 2.24) is 5.32 Å². The van der Waals surface area contributed by atoms with Gasteiger partial charge in [0.1, 0.15) is 11.6 Å². The van der Waals surface area contributed by atoms with Crippen molar-refractivity contribution in [2.75, 3.05) is 24.6 Å². The number of allylic oxidation sites excluding steroid dienone is 1. The van der Waals surface area contributed by atoms with E-state index in [0.29, 0.717) is 5.39 Å². The van der Waals surface area contributed by atoms with Crippen molar-refractivity contribution in [1.29, 1.82) is 5.26 Å². The number of nitriles is 1. The maximum atomic E-state index is 14.0. The molecule has 0 aliphatic carbocycles. The van der Waals surface area contributed by atoms with Crippen molar-refractivity contribution in [2.45, 2.75) is 31.7 Å². The van der Waals surface area contributed by atoms with Gasteiger partial charge in [0.25, 0.3) is 5.91 Å². The van der Waals surface area contributed by atoms with Crippen molar-refractivity contribution < 1.29 is 28.2 Å². The lowest BCUT2D eigenvalue weighted by Crippen LogP contribution is -2.45. The molecule has 1 heterocycles. The predicted molar refractivity (Wildman–Crippen MR) is 110 cm³/mol. The smallest absolute Gasteiger partial charge is 0.394 e. The summed E-state index contributed by atoms with van der Waals surface area (Å²) in [6.07, 6.45) is -5.33. The molecule has 3 rings (SSSR count). The van der Waals surface area contributed by atoms with E-state index in [9.17, 15) is 28.3 Å². The molecule has 2 atom stereocenters. The van der Waals surface area contributed by atoms with E-state index >= 15 is 0 Å². The Morgan fingerprint density at radius 2 is 2.10 bits per heavy atom. The number of fused-ring (bicyclic) bond motifs is 1.